The molecule has 0 aromatic heterocycles. The second-order valence-corrected chi connectivity index (χ2v) is 3.01. The van der Waals surface area contributed by atoms with E-state index in [0.717, 1.165) is 5.56 Å². The fraction of sp³-hybridized carbons (Fsp3) is 0.200. The smallest absolute Gasteiger partial charge is 0.338 e. The molecule has 0 radical (unpaired) electrons. The average molecular weight is 191 g/mol. The van der Waals surface area contributed by atoms with Crippen LogP contribution in [0.4, 0.5) is 0 Å². The van der Waals surface area contributed by atoms with Gasteiger partial charge >= 0.3 is 5.97 Å². The minimum Gasteiger partial charge on any atom is -0.465 e. The second-order valence-electron chi connectivity index (χ2n) is 3.01. The molecule has 2 rings (SSSR count). The second kappa shape index (κ2) is 3.14. The van der Waals surface area contributed by atoms with Gasteiger partial charge in [-0.05, 0) is 17.7 Å². The van der Waals surface area contributed by atoms with Crippen LogP contribution >= 0.6 is 0 Å². The molecule has 0 bridgehead atoms. The Bertz CT molecular complexity index is 412. The summed E-state index contributed by atoms with van der Waals surface area (Å²) in [5.41, 5.74) is 1.75. The molecule has 0 saturated heterocycles. The number of rotatable bonds is 1. The van der Waals surface area contributed by atoms with E-state index in [1.807, 2.05) is 0 Å². The number of hydrogen-bond donors (Lipinski definition) is 1. The number of methoxy groups -OCH3 is 1. The summed E-state index contributed by atoms with van der Waals surface area (Å²) in [5, 5.41) is 2.66. The van der Waals surface area contributed by atoms with Gasteiger partial charge in [0, 0.05) is 12.1 Å². The molecule has 0 aliphatic carbocycles. The van der Waals surface area contributed by atoms with Crippen molar-refractivity contribution in [2.45, 2.75) is 6.54 Å². The number of amides is 1. The van der Waals surface area contributed by atoms with Crippen LogP contribution in [0.5, 0.6) is 0 Å². The fourth-order valence-corrected chi connectivity index (χ4v) is 1.56. The van der Waals surface area contributed by atoms with E-state index >= 15 is 0 Å². The molecule has 4 nitrogen and oxygen atoms in total. The molecule has 0 atom stereocenters. The highest BCUT2D eigenvalue weighted by atomic mass is 16.5. The van der Waals surface area contributed by atoms with Crippen molar-refractivity contribution in [2.24, 2.45) is 0 Å². The minimum atomic E-state index is -0.404. The lowest BCUT2D eigenvalue weighted by molar-refractivity contribution is 0.0599. The van der Waals surface area contributed by atoms with Crippen LogP contribution in [-0.4, -0.2) is 19.0 Å². The van der Waals surface area contributed by atoms with E-state index in [4.69, 9.17) is 0 Å². The zero-order valence-electron chi connectivity index (χ0n) is 7.66. The fourth-order valence-electron chi connectivity index (χ4n) is 1.56. The molecular weight excluding hydrogens is 182 g/mol. The Balaban J connectivity index is 2.54. The molecular formula is C10H9NO3. The average Bonchev–Trinajstić information content (AvgIpc) is 2.59. The molecule has 72 valence electrons. The van der Waals surface area contributed by atoms with E-state index in [9.17, 15) is 9.59 Å². The highest BCUT2D eigenvalue weighted by Gasteiger charge is 2.24. The SMILES string of the molecule is COC(=O)c1cccc2c1CNC2=O. The number of ether oxygens (including phenoxy) is 1. The number of carbonyl (C=O) groups excluding carboxylic acids is 2. The summed E-state index contributed by atoms with van der Waals surface area (Å²) < 4.78 is 4.62. The van der Waals surface area contributed by atoms with Gasteiger partial charge < -0.3 is 10.1 Å². The van der Waals surface area contributed by atoms with Gasteiger partial charge in [-0.2, -0.15) is 0 Å². The molecule has 1 amide bonds. The van der Waals surface area contributed by atoms with E-state index in [2.05, 4.69) is 10.1 Å². The predicted octanol–water partition coefficient (Wildman–Crippen LogP) is 0.717. The molecule has 0 unspecified atom stereocenters. The molecule has 0 fully saturated rings. The van der Waals surface area contributed by atoms with Gasteiger partial charge in [0.05, 0.1) is 12.7 Å². The van der Waals surface area contributed by atoms with Crippen LogP contribution in [0.1, 0.15) is 26.3 Å². The van der Waals surface area contributed by atoms with Gasteiger partial charge in [0.25, 0.3) is 5.91 Å². The van der Waals surface area contributed by atoms with Crippen molar-refractivity contribution in [3.05, 3.63) is 34.9 Å². The Morgan fingerprint density at radius 1 is 1.50 bits per heavy atom. The maximum atomic E-state index is 11.3. The van der Waals surface area contributed by atoms with Crippen LogP contribution < -0.4 is 5.32 Å². The summed E-state index contributed by atoms with van der Waals surface area (Å²) in [6, 6.07) is 5.03. The monoisotopic (exact) mass is 191 g/mol. The maximum Gasteiger partial charge on any atom is 0.338 e. The van der Waals surface area contributed by atoms with Crippen LogP contribution in [-0.2, 0) is 11.3 Å². The number of carbonyl (C=O) groups is 2. The molecule has 1 aromatic rings. The lowest BCUT2D eigenvalue weighted by Gasteiger charge is -2.03. The number of esters is 1. The normalized spacial score (nSPS) is 13.4. The number of benzene rings is 1. The van der Waals surface area contributed by atoms with Crippen molar-refractivity contribution in [3.8, 4) is 0 Å². The van der Waals surface area contributed by atoms with Gasteiger partial charge in [-0.1, -0.05) is 6.07 Å². The van der Waals surface area contributed by atoms with Gasteiger partial charge in [-0.3, -0.25) is 4.79 Å². The zero-order chi connectivity index (χ0) is 10.1. The standard InChI is InChI=1S/C10H9NO3/c1-14-10(13)7-4-2-3-6-8(7)5-11-9(6)12/h2-4H,5H2,1H3,(H,11,12). The van der Waals surface area contributed by atoms with Gasteiger partial charge in [-0.15, -0.1) is 0 Å². The van der Waals surface area contributed by atoms with E-state index in [0.29, 0.717) is 17.7 Å². The summed E-state index contributed by atoms with van der Waals surface area (Å²) in [6.07, 6.45) is 0. The van der Waals surface area contributed by atoms with Gasteiger partial charge in [0.1, 0.15) is 0 Å². The largest absolute Gasteiger partial charge is 0.465 e. The first-order valence-electron chi connectivity index (χ1n) is 4.22. The Morgan fingerprint density at radius 3 is 3.00 bits per heavy atom. The molecule has 14 heavy (non-hydrogen) atoms. The molecule has 0 spiro atoms. The molecule has 0 saturated carbocycles. The van der Waals surface area contributed by atoms with Crippen LogP contribution in [0.3, 0.4) is 0 Å². The van der Waals surface area contributed by atoms with Crippen molar-refractivity contribution in [2.75, 3.05) is 7.11 Å². The van der Waals surface area contributed by atoms with Crippen LogP contribution in [0, 0.1) is 0 Å². The van der Waals surface area contributed by atoms with E-state index in [1.54, 1.807) is 18.2 Å². The molecule has 1 aromatic carbocycles. The lowest BCUT2D eigenvalue weighted by Crippen LogP contribution is -2.12. The Kier molecular flexibility index (Phi) is 1.96. The third-order valence-electron chi connectivity index (χ3n) is 2.25. The van der Waals surface area contributed by atoms with Crippen LogP contribution in [0.15, 0.2) is 18.2 Å². The third kappa shape index (κ3) is 1.16. The summed E-state index contributed by atoms with van der Waals surface area (Å²) in [5.74, 6) is -0.538. The minimum absolute atomic E-state index is 0.134. The molecule has 1 aliphatic heterocycles. The van der Waals surface area contributed by atoms with Gasteiger partial charge in [0.2, 0.25) is 0 Å². The maximum absolute atomic E-state index is 11.3. The Labute approximate surface area is 80.9 Å². The van der Waals surface area contributed by atoms with E-state index in [1.165, 1.54) is 7.11 Å². The number of hydrogen-bond acceptors (Lipinski definition) is 3. The summed E-state index contributed by atoms with van der Waals surface area (Å²) in [7, 11) is 1.33. The van der Waals surface area contributed by atoms with Crippen molar-refractivity contribution in [1.82, 2.24) is 5.32 Å². The van der Waals surface area contributed by atoms with E-state index < -0.39 is 5.97 Å². The molecule has 4 heteroatoms. The Morgan fingerprint density at radius 2 is 2.29 bits per heavy atom. The highest BCUT2D eigenvalue weighted by Crippen LogP contribution is 2.20. The van der Waals surface area contributed by atoms with Crippen molar-refractivity contribution < 1.29 is 14.3 Å². The number of nitrogens with one attached hydrogen (secondary N) is 1. The number of fused-ring (bicyclic) bond motifs is 1. The van der Waals surface area contributed by atoms with Gasteiger partial charge in [-0.25, -0.2) is 4.79 Å². The quantitative estimate of drug-likeness (QED) is 0.665. The predicted molar refractivity (Wildman–Crippen MR) is 49.0 cm³/mol. The molecule has 1 heterocycles. The lowest BCUT2D eigenvalue weighted by atomic mass is 10.0. The van der Waals surface area contributed by atoms with Crippen molar-refractivity contribution in [3.63, 3.8) is 0 Å². The van der Waals surface area contributed by atoms with Crippen molar-refractivity contribution in [1.29, 1.82) is 0 Å². The first-order valence-corrected chi connectivity index (χ1v) is 4.22. The molecule has 1 N–H and O–H groups in total. The third-order valence-corrected chi connectivity index (χ3v) is 2.25. The topological polar surface area (TPSA) is 55.4 Å². The van der Waals surface area contributed by atoms with Crippen molar-refractivity contribution >= 4 is 11.9 Å². The highest BCUT2D eigenvalue weighted by molar-refractivity contribution is 6.02. The summed E-state index contributed by atoms with van der Waals surface area (Å²) in [6.45, 7) is 0.402. The first-order chi connectivity index (χ1) is 6.74. The van der Waals surface area contributed by atoms with E-state index in [-0.39, 0.29) is 5.91 Å². The summed E-state index contributed by atoms with van der Waals surface area (Å²) in [4.78, 5) is 22.6. The van der Waals surface area contributed by atoms with Crippen LogP contribution in [0.2, 0.25) is 0 Å². The summed E-state index contributed by atoms with van der Waals surface area (Å²) >= 11 is 0. The van der Waals surface area contributed by atoms with Gasteiger partial charge in [0.15, 0.2) is 0 Å². The Hall–Kier alpha value is -1.84. The zero-order valence-corrected chi connectivity index (χ0v) is 7.66. The molecule has 1 aliphatic rings. The van der Waals surface area contributed by atoms with Crippen LogP contribution in [0.25, 0.3) is 0 Å². The first kappa shape index (κ1) is 8.74.